The first-order valence-corrected chi connectivity index (χ1v) is 16.8. The normalized spacial score (nSPS) is 14.7. The number of alkyl carbamates (subject to hydrolysis) is 1. The van der Waals surface area contributed by atoms with Gasteiger partial charge in [-0.2, -0.15) is 0 Å². The van der Waals surface area contributed by atoms with Crippen molar-refractivity contribution in [2.75, 3.05) is 19.8 Å². The zero-order chi connectivity index (χ0) is 37.1. The minimum Gasteiger partial charge on any atom is -0.456 e. The molecule has 1 aliphatic heterocycles. The summed E-state index contributed by atoms with van der Waals surface area (Å²) in [6, 6.07) is 20.7. The number of carbonyl (C=O) groups is 6. The molecule has 12 nitrogen and oxygen atoms in total. The van der Waals surface area contributed by atoms with Crippen LogP contribution in [0.1, 0.15) is 73.7 Å². The molecule has 0 spiro atoms. The summed E-state index contributed by atoms with van der Waals surface area (Å²) >= 11 is 0. The van der Waals surface area contributed by atoms with E-state index in [-0.39, 0.29) is 12.5 Å². The number of esters is 2. The molecule has 51 heavy (non-hydrogen) atoms. The largest absolute Gasteiger partial charge is 0.456 e. The fourth-order valence-electron chi connectivity index (χ4n) is 5.26. The minimum absolute atomic E-state index is 0.0414. The molecule has 0 aliphatic carbocycles. The van der Waals surface area contributed by atoms with Crippen molar-refractivity contribution in [3.8, 4) is 11.1 Å². The summed E-state index contributed by atoms with van der Waals surface area (Å²) in [6.45, 7) is 8.15. The van der Waals surface area contributed by atoms with E-state index >= 15 is 0 Å². The Morgan fingerprint density at radius 3 is 1.84 bits per heavy atom. The molecule has 3 aromatic rings. The Labute approximate surface area is 297 Å². The number of carbonyl (C=O) groups excluding carboxylic acids is 6. The van der Waals surface area contributed by atoms with Crippen molar-refractivity contribution in [3.05, 3.63) is 95.6 Å². The van der Waals surface area contributed by atoms with Crippen LogP contribution in [0.15, 0.2) is 78.9 Å². The highest BCUT2D eigenvalue weighted by molar-refractivity contribution is 5.99. The first kappa shape index (κ1) is 38.3. The van der Waals surface area contributed by atoms with Crippen molar-refractivity contribution in [1.82, 2.24) is 10.2 Å². The van der Waals surface area contributed by atoms with Crippen molar-refractivity contribution >= 4 is 35.7 Å². The number of ketones is 2. The SMILES string of the molecule is CC(C)[C@H](NC(=O)OCc1ccccc1)C(=O)OCC(=O)c1ccc(-c2ccc(C(=O)COC(=O)[C@@H]3CCCN3C(=O)OC(C)(C)C)cc2)cc1. The van der Waals surface area contributed by atoms with Gasteiger partial charge in [-0.1, -0.05) is 92.7 Å². The van der Waals surface area contributed by atoms with E-state index in [0.29, 0.717) is 30.5 Å². The van der Waals surface area contributed by atoms with Gasteiger partial charge < -0.3 is 24.3 Å². The minimum atomic E-state index is -1.01. The molecule has 4 rings (SSSR count). The molecule has 0 saturated carbocycles. The molecule has 12 heteroatoms. The summed E-state index contributed by atoms with van der Waals surface area (Å²) in [7, 11) is 0. The lowest BCUT2D eigenvalue weighted by Gasteiger charge is -2.27. The molecule has 0 aromatic heterocycles. The van der Waals surface area contributed by atoms with E-state index in [4.69, 9.17) is 18.9 Å². The Hall–Kier alpha value is -5.52. The molecule has 3 aromatic carbocycles. The maximum Gasteiger partial charge on any atom is 0.411 e. The number of nitrogens with one attached hydrogen (secondary N) is 1. The molecule has 1 aliphatic rings. The second kappa shape index (κ2) is 17.4. The van der Waals surface area contributed by atoms with E-state index < -0.39 is 66.6 Å². The van der Waals surface area contributed by atoms with Crippen LogP contribution < -0.4 is 5.32 Å². The summed E-state index contributed by atoms with van der Waals surface area (Å²) < 4.78 is 21.1. The lowest BCUT2D eigenvalue weighted by molar-refractivity contribution is -0.147. The molecule has 270 valence electrons. The van der Waals surface area contributed by atoms with Gasteiger partial charge >= 0.3 is 24.1 Å². The number of likely N-dealkylation sites (tertiary alicyclic amines) is 1. The van der Waals surface area contributed by atoms with Gasteiger partial charge in [0, 0.05) is 17.7 Å². The van der Waals surface area contributed by atoms with E-state index in [1.807, 2.05) is 30.3 Å². The summed E-state index contributed by atoms with van der Waals surface area (Å²) in [5, 5.41) is 2.51. The fraction of sp³-hybridized carbons (Fsp3) is 0.385. The molecule has 2 amide bonds. The van der Waals surface area contributed by atoms with Crippen molar-refractivity contribution in [1.29, 1.82) is 0 Å². The van der Waals surface area contributed by atoms with Gasteiger partial charge in [0.1, 0.15) is 24.3 Å². The summed E-state index contributed by atoms with van der Waals surface area (Å²) in [5.41, 5.74) is 2.31. The molecular weight excluding hydrogens is 656 g/mol. The highest BCUT2D eigenvalue weighted by Crippen LogP contribution is 2.23. The van der Waals surface area contributed by atoms with Crippen LogP contribution in [0.2, 0.25) is 0 Å². The third-order valence-electron chi connectivity index (χ3n) is 8.00. The van der Waals surface area contributed by atoms with Crippen molar-refractivity contribution in [2.24, 2.45) is 5.92 Å². The molecule has 0 radical (unpaired) electrons. The second-order valence-electron chi connectivity index (χ2n) is 13.5. The molecule has 1 fully saturated rings. The fourth-order valence-corrected chi connectivity index (χ4v) is 5.26. The standard InChI is InChI=1S/C39H44N2O10/c1-25(2)34(40-37(46)50-22-26-10-7-6-8-11-26)36(45)49-24-33(43)30-19-15-28(16-20-30)27-13-17-29(18-14-27)32(42)23-48-35(44)31-12-9-21-41(31)38(47)51-39(3,4)5/h6-8,10-11,13-20,25,31,34H,9,12,21-24H2,1-5H3,(H,40,46)/t31-,34-/m0/s1. The number of hydrogen-bond donors (Lipinski definition) is 1. The lowest BCUT2D eigenvalue weighted by atomic mass is 10.0. The van der Waals surface area contributed by atoms with Gasteiger partial charge in [0.2, 0.25) is 0 Å². The number of Topliss-reactive ketones (excluding diaryl/α,β-unsaturated/α-hetero) is 2. The highest BCUT2D eigenvalue weighted by Gasteiger charge is 2.38. The summed E-state index contributed by atoms with van der Waals surface area (Å²) in [5.74, 6) is -2.54. The second-order valence-corrected chi connectivity index (χ2v) is 13.5. The molecule has 1 saturated heterocycles. The molecule has 1 heterocycles. The Bertz CT molecular complexity index is 1700. The molecule has 2 atom stereocenters. The van der Waals surface area contributed by atoms with Gasteiger partial charge in [-0.15, -0.1) is 0 Å². The van der Waals surface area contributed by atoms with Crippen LogP contribution in [0, 0.1) is 5.92 Å². The van der Waals surface area contributed by atoms with Crippen molar-refractivity contribution in [2.45, 2.75) is 71.8 Å². The third kappa shape index (κ3) is 11.2. The Morgan fingerprint density at radius 2 is 1.31 bits per heavy atom. The smallest absolute Gasteiger partial charge is 0.411 e. The predicted molar refractivity (Wildman–Crippen MR) is 187 cm³/mol. The topological polar surface area (TPSA) is 155 Å². The number of benzene rings is 3. The predicted octanol–water partition coefficient (Wildman–Crippen LogP) is 6.16. The molecule has 1 N–H and O–H groups in total. The number of ether oxygens (including phenoxy) is 4. The van der Waals surface area contributed by atoms with Crippen LogP contribution in [-0.4, -0.2) is 78.0 Å². The van der Waals surface area contributed by atoms with Gasteiger partial charge in [-0.3, -0.25) is 14.5 Å². The maximum atomic E-state index is 12.8. The Balaban J connectivity index is 1.24. The van der Waals surface area contributed by atoms with Crippen LogP contribution in [0.5, 0.6) is 0 Å². The van der Waals surface area contributed by atoms with Gasteiger partial charge in [-0.05, 0) is 56.2 Å². The number of nitrogens with zero attached hydrogens (tertiary/aromatic N) is 1. The first-order chi connectivity index (χ1) is 24.2. The Morgan fingerprint density at radius 1 is 0.765 bits per heavy atom. The van der Waals surface area contributed by atoms with Gasteiger partial charge in [-0.25, -0.2) is 19.2 Å². The van der Waals surface area contributed by atoms with Crippen LogP contribution in [0.3, 0.4) is 0 Å². The zero-order valence-electron chi connectivity index (χ0n) is 29.5. The van der Waals surface area contributed by atoms with Crippen molar-refractivity contribution < 1.29 is 47.7 Å². The first-order valence-electron chi connectivity index (χ1n) is 16.8. The van der Waals surface area contributed by atoms with E-state index in [9.17, 15) is 28.8 Å². The number of amides is 2. The Kier molecular flexibility index (Phi) is 13.1. The zero-order valence-corrected chi connectivity index (χ0v) is 29.5. The monoisotopic (exact) mass is 700 g/mol. The van der Waals surface area contributed by atoms with E-state index in [1.165, 1.54) is 4.90 Å². The molecule has 0 unspecified atom stereocenters. The lowest BCUT2D eigenvalue weighted by Crippen LogP contribution is -2.45. The quantitative estimate of drug-likeness (QED) is 0.125. The highest BCUT2D eigenvalue weighted by atomic mass is 16.6. The average Bonchev–Trinajstić information content (AvgIpc) is 3.61. The number of rotatable bonds is 13. The van der Waals surface area contributed by atoms with Crippen LogP contribution >= 0.6 is 0 Å². The average molecular weight is 701 g/mol. The van der Waals surface area contributed by atoms with E-state index in [0.717, 1.165) is 16.7 Å². The van der Waals surface area contributed by atoms with E-state index in [1.54, 1.807) is 83.1 Å². The summed E-state index contributed by atoms with van der Waals surface area (Å²) in [6.07, 6.45) is -0.304. The van der Waals surface area contributed by atoms with Gasteiger partial charge in [0.25, 0.3) is 0 Å². The number of hydrogen-bond acceptors (Lipinski definition) is 10. The van der Waals surface area contributed by atoms with Crippen LogP contribution in [-0.2, 0) is 35.1 Å². The van der Waals surface area contributed by atoms with E-state index in [2.05, 4.69) is 5.32 Å². The third-order valence-corrected chi connectivity index (χ3v) is 8.00. The van der Waals surface area contributed by atoms with Crippen LogP contribution in [0.4, 0.5) is 9.59 Å². The van der Waals surface area contributed by atoms with Gasteiger partial charge in [0.15, 0.2) is 24.8 Å². The molecule has 0 bridgehead atoms. The summed E-state index contributed by atoms with van der Waals surface area (Å²) in [4.78, 5) is 77.2. The van der Waals surface area contributed by atoms with Gasteiger partial charge in [0.05, 0.1) is 0 Å². The molecular formula is C39H44N2O10. The van der Waals surface area contributed by atoms with Crippen molar-refractivity contribution in [3.63, 3.8) is 0 Å². The van der Waals surface area contributed by atoms with Crippen LogP contribution in [0.25, 0.3) is 11.1 Å². The maximum absolute atomic E-state index is 12.8.